The molecule has 0 unspecified atom stereocenters. The third kappa shape index (κ3) is 7.75. The maximum atomic E-state index is 4.88. The number of nitrogens with zero attached hydrogens (tertiary/aromatic N) is 5. The van der Waals surface area contributed by atoms with Gasteiger partial charge in [-0.1, -0.05) is 53.4 Å². The summed E-state index contributed by atoms with van der Waals surface area (Å²) >= 11 is 0. The first-order chi connectivity index (χ1) is 12.7. The van der Waals surface area contributed by atoms with E-state index >= 15 is 0 Å². The Hall–Kier alpha value is -1.59. The van der Waals surface area contributed by atoms with E-state index < -0.39 is 0 Å². The van der Waals surface area contributed by atoms with Crippen LogP contribution in [-0.4, -0.2) is 48.2 Å². The molecule has 1 N–H and O–H groups in total. The predicted molar refractivity (Wildman–Crippen MR) is 113 cm³/mol. The van der Waals surface area contributed by atoms with Gasteiger partial charge in [0.15, 0.2) is 0 Å². The molecule has 1 heterocycles. The number of anilines is 3. The van der Waals surface area contributed by atoms with E-state index in [0.29, 0.717) is 5.95 Å². The molecule has 6 nitrogen and oxygen atoms in total. The lowest BCUT2D eigenvalue weighted by atomic mass is 10.2. The SMILES string of the molecule is CCCCN(CCCC)c1nc(NC)nc(N(CCCC)CCCC)n1. The summed E-state index contributed by atoms with van der Waals surface area (Å²) in [7, 11) is 1.88. The van der Waals surface area contributed by atoms with Crippen LogP contribution in [0.2, 0.25) is 0 Å². The summed E-state index contributed by atoms with van der Waals surface area (Å²) in [6, 6.07) is 0. The average Bonchev–Trinajstić information content (AvgIpc) is 2.67. The minimum atomic E-state index is 0.668. The Labute approximate surface area is 160 Å². The fraction of sp³-hybridized carbons (Fsp3) is 0.850. The Balaban J connectivity index is 3.11. The van der Waals surface area contributed by atoms with Gasteiger partial charge >= 0.3 is 0 Å². The van der Waals surface area contributed by atoms with E-state index in [0.717, 1.165) is 63.8 Å². The van der Waals surface area contributed by atoms with E-state index in [1.165, 1.54) is 25.7 Å². The zero-order chi connectivity index (χ0) is 19.2. The molecule has 0 aliphatic heterocycles. The van der Waals surface area contributed by atoms with Crippen LogP contribution in [0, 0.1) is 0 Å². The molecule has 26 heavy (non-hydrogen) atoms. The highest BCUT2D eigenvalue weighted by Gasteiger charge is 2.16. The molecule has 0 bridgehead atoms. The number of hydrogen-bond donors (Lipinski definition) is 1. The number of hydrogen-bond acceptors (Lipinski definition) is 6. The van der Waals surface area contributed by atoms with Gasteiger partial charge < -0.3 is 15.1 Å². The predicted octanol–water partition coefficient (Wildman–Crippen LogP) is 4.73. The van der Waals surface area contributed by atoms with E-state index in [9.17, 15) is 0 Å². The van der Waals surface area contributed by atoms with Crippen LogP contribution in [0.1, 0.15) is 79.1 Å². The Morgan fingerprint density at radius 1 is 0.615 bits per heavy atom. The van der Waals surface area contributed by atoms with Gasteiger partial charge in [-0.3, -0.25) is 0 Å². The summed E-state index contributed by atoms with van der Waals surface area (Å²) in [6.45, 7) is 12.9. The minimum absolute atomic E-state index is 0.668. The molecule has 6 heteroatoms. The molecule has 0 radical (unpaired) electrons. The molecule has 150 valence electrons. The van der Waals surface area contributed by atoms with Gasteiger partial charge in [-0.15, -0.1) is 0 Å². The zero-order valence-corrected chi connectivity index (χ0v) is 17.7. The van der Waals surface area contributed by atoms with Crippen LogP contribution in [0.25, 0.3) is 0 Å². The van der Waals surface area contributed by atoms with Gasteiger partial charge in [0.05, 0.1) is 0 Å². The summed E-state index contributed by atoms with van der Waals surface area (Å²) in [5.74, 6) is 2.31. The number of rotatable bonds is 15. The second kappa shape index (κ2) is 13.6. The van der Waals surface area contributed by atoms with Gasteiger partial charge in [-0.05, 0) is 25.7 Å². The summed E-state index contributed by atoms with van der Waals surface area (Å²) in [5.41, 5.74) is 0. The van der Waals surface area contributed by atoms with Crippen molar-refractivity contribution in [2.75, 3.05) is 48.3 Å². The third-order valence-corrected chi connectivity index (χ3v) is 4.53. The second-order valence-electron chi connectivity index (χ2n) is 6.90. The fourth-order valence-corrected chi connectivity index (χ4v) is 2.77. The van der Waals surface area contributed by atoms with Crippen molar-refractivity contribution >= 4 is 17.8 Å². The normalized spacial score (nSPS) is 10.8. The Morgan fingerprint density at radius 2 is 0.962 bits per heavy atom. The molecular formula is C20H40N6. The van der Waals surface area contributed by atoms with Gasteiger partial charge in [0, 0.05) is 33.2 Å². The van der Waals surface area contributed by atoms with Gasteiger partial charge in [0.2, 0.25) is 17.8 Å². The molecule has 0 saturated carbocycles. The van der Waals surface area contributed by atoms with Crippen LogP contribution in [0.3, 0.4) is 0 Å². The largest absolute Gasteiger partial charge is 0.357 e. The van der Waals surface area contributed by atoms with Crippen molar-refractivity contribution in [3.8, 4) is 0 Å². The molecule has 1 aromatic rings. The lowest BCUT2D eigenvalue weighted by Gasteiger charge is -2.26. The molecule has 0 amide bonds. The van der Waals surface area contributed by atoms with Gasteiger partial charge in [0.25, 0.3) is 0 Å². The third-order valence-electron chi connectivity index (χ3n) is 4.53. The maximum absolute atomic E-state index is 4.88. The summed E-state index contributed by atoms with van der Waals surface area (Å²) < 4.78 is 0. The fourth-order valence-electron chi connectivity index (χ4n) is 2.77. The Morgan fingerprint density at radius 3 is 1.23 bits per heavy atom. The van der Waals surface area contributed by atoms with E-state index in [4.69, 9.17) is 4.98 Å². The summed E-state index contributed by atoms with van der Waals surface area (Å²) in [6.07, 6.45) is 9.36. The number of aromatic nitrogens is 3. The molecule has 0 spiro atoms. The molecule has 0 saturated heterocycles. The van der Waals surface area contributed by atoms with Crippen LogP contribution >= 0.6 is 0 Å². The first kappa shape index (κ1) is 22.5. The standard InChI is InChI=1S/C20H40N6/c1-6-10-14-25(15-11-7-2)19-22-18(21-5)23-20(24-19)26(16-12-8-3)17-13-9-4/h6-17H2,1-5H3,(H,21,22,23,24). The van der Waals surface area contributed by atoms with Crippen molar-refractivity contribution in [3.05, 3.63) is 0 Å². The average molecular weight is 365 g/mol. The highest BCUT2D eigenvalue weighted by molar-refractivity contribution is 5.45. The lowest BCUT2D eigenvalue weighted by Crippen LogP contribution is -2.31. The van der Waals surface area contributed by atoms with Gasteiger partial charge in [-0.25, -0.2) is 0 Å². The topological polar surface area (TPSA) is 57.2 Å². The molecule has 1 aromatic heterocycles. The van der Waals surface area contributed by atoms with E-state index in [-0.39, 0.29) is 0 Å². The van der Waals surface area contributed by atoms with Crippen LogP contribution < -0.4 is 15.1 Å². The Bertz CT molecular complexity index is 425. The summed E-state index contributed by atoms with van der Waals surface area (Å²) in [4.78, 5) is 18.9. The molecule has 0 aliphatic rings. The molecule has 0 fully saturated rings. The van der Waals surface area contributed by atoms with Crippen molar-refractivity contribution in [2.45, 2.75) is 79.1 Å². The number of unbranched alkanes of at least 4 members (excludes halogenated alkanes) is 4. The monoisotopic (exact) mass is 364 g/mol. The van der Waals surface area contributed by atoms with Crippen LogP contribution in [0.5, 0.6) is 0 Å². The first-order valence-electron chi connectivity index (χ1n) is 10.6. The highest BCUT2D eigenvalue weighted by atomic mass is 15.4. The van der Waals surface area contributed by atoms with E-state index in [1.54, 1.807) is 0 Å². The van der Waals surface area contributed by atoms with Crippen LogP contribution in [0.15, 0.2) is 0 Å². The molecule has 0 aliphatic carbocycles. The quantitative estimate of drug-likeness (QED) is 0.486. The van der Waals surface area contributed by atoms with E-state index in [2.05, 4.69) is 52.8 Å². The van der Waals surface area contributed by atoms with Crippen molar-refractivity contribution in [1.82, 2.24) is 15.0 Å². The van der Waals surface area contributed by atoms with Gasteiger partial charge in [-0.2, -0.15) is 15.0 Å². The molecule has 0 atom stereocenters. The molecule has 1 rings (SSSR count). The molecule has 0 aromatic carbocycles. The number of nitrogens with one attached hydrogen (secondary N) is 1. The smallest absolute Gasteiger partial charge is 0.231 e. The van der Waals surface area contributed by atoms with Crippen LogP contribution in [0.4, 0.5) is 17.8 Å². The summed E-state index contributed by atoms with van der Waals surface area (Å²) in [5, 5.41) is 3.13. The highest BCUT2D eigenvalue weighted by Crippen LogP contribution is 2.19. The second-order valence-corrected chi connectivity index (χ2v) is 6.90. The zero-order valence-electron chi connectivity index (χ0n) is 17.7. The van der Waals surface area contributed by atoms with Crippen molar-refractivity contribution in [2.24, 2.45) is 0 Å². The Kier molecular flexibility index (Phi) is 11.7. The first-order valence-corrected chi connectivity index (χ1v) is 10.6. The maximum Gasteiger partial charge on any atom is 0.231 e. The molecular weight excluding hydrogens is 324 g/mol. The van der Waals surface area contributed by atoms with Gasteiger partial charge in [0.1, 0.15) is 0 Å². The van der Waals surface area contributed by atoms with Crippen molar-refractivity contribution in [1.29, 1.82) is 0 Å². The van der Waals surface area contributed by atoms with Crippen molar-refractivity contribution in [3.63, 3.8) is 0 Å². The van der Waals surface area contributed by atoms with Crippen molar-refractivity contribution < 1.29 is 0 Å². The minimum Gasteiger partial charge on any atom is -0.357 e. The van der Waals surface area contributed by atoms with E-state index in [1.807, 2.05) is 7.05 Å². The van der Waals surface area contributed by atoms with Crippen LogP contribution in [-0.2, 0) is 0 Å². The lowest BCUT2D eigenvalue weighted by molar-refractivity contribution is 0.645.